The van der Waals surface area contributed by atoms with Crippen LogP contribution in [0.4, 0.5) is 4.39 Å². The summed E-state index contributed by atoms with van der Waals surface area (Å²) in [5.74, 6) is -0.290. The zero-order valence-corrected chi connectivity index (χ0v) is 14.6. The monoisotopic (exact) mass is 351 g/mol. The van der Waals surface area contributed by atoms with Gasteiger partial charge in [0.25, 0.3) is 5.56 Å². The minimum Gasteiger partial charge on any atom is -0.314 e. The Morgan fingerprint density at radius 2 is 1.88 bits per heavy atom. The molecule has 0 radical (unpaired) electrons. The van der Waals surface area contributed by atoms with Gasteiger partial charge in [-0.05, 0) is 37.9 Å². The van der Waals surface area contributed by atoms with E-state index in [0.29, 0.717) is 23.1 Å². The van der Waals surface area contributed by atoms with Gasteiger partial charge in [0, 0.05) is 31.0 Å². The van der Waals surface area contributed by atoms with Crippen molar-refractivity contribution in [2.24, 2.45) is 0 Å². The van der Waals surface area contributed by atoms with Crippen LogP contribution in [-0.2, 0) is 6.54 Å². The zero-order valence-electron chi connectivity index (χ0n) is 14.6. The van der Waals surface area contributed by atoms with Crippen LogP contribution in [0.1, 0.15) is 0 Å². The van der Waals surface area contributed by atoms with Crippen molar-refractivity contribution in [2.75, 3.05) is 20.6 Å². The van der Waals surface area contributed by atoms with Crippen molar-refractivity contribution in [3.8, 4) is 11.1 Å². The van der Waals surface area contributed by atoms with Crippen molar-refractivity contribution < 1.29 is 4.39 Å². The summed E-state index contributed by atoms with van der Waals surface area (Å²) >= 11 is 0. The largest absolute Gasteiger partial charge is 0.314 e. The van der Waals surface area contributed by atoms with Crippen molar-refractivity contribution in [2.45, 2.75) is 6.54 Å². The topological polar surface area (TPSA) is 55.4 Å². The molecule has 0 aliphatic carbocycles. The number of rotatable bonds is 4. The highest BCUT2D eigenvalue weighted by molar-refractivity contribution is 5.84. The number of likely N-dealkylation sites (N-methyl/N-ethyl adjacent to an activating group) is 1. The Morgan fingerprint density at radius 3 is 2.62 bits per heavy atom. The van der Waals surface area contributed by atoms with Crippen molar-refractivity contribution in [1.29, 1.82) is 0 Å². The summed E-state index contributed by atoms with van der Waals surface area (Å²) in [6.45, 7) is 1.39. The predicted octanol–water partition coefficient (Wildman–Crippen LogP) is 2.41. The van der Waals surface area contributed by atoms with Crippen molar-refractivity contribution >= 4 is 16.6 Å². The van der Waals surface area contributed by atoms with Gasteiger partial charge >= 0.3 is 0 Å². The number of hydrogen-bond donors (Lipinski definition) is 0. The van der Waals surface area contributed by atoms with E-state index in [1.165, 1.54) is 12.1 Å². The molecule has 1 aromatic carbocycles. The molecule has 0 aliphatic heterocycles. The van der Waals surface area contributed by atoms with Crippen LogP contribution >= 0.6 is 0 Å². The van der Waals surface area contributed by atoms with E-state index in [1.807, 2.05) is 25.1 Å². The molecule has 0 N–H and O–H groups in total. The average molecular weight is 351 g/mol. The van der Waals surface area contributed by atoms with Gasteiger partial charge in [0.2, 0.25) is 0 Å². The fourth-order valence-electron chi connectivity index (χ4n) is 2.97. The molecular formula is C19H18FN5O. The van der Waals surface area contributed by atoms with Crippen LogP contribution in [0.2, 0.25) is 0 Å². The lowest BCUT2D eigenvalue weighted by atomic mass is 10.1. The third-order valence-corrected chi connectivity index (χ3v) is 4.41. The molecular weight excluding hydrogens is 333 g/mol. The molecule has 0 spiro atoms. The SMILES string of the molecule is CN(C)CCn1ccc2c(cnc3c(-c4ccc(F)cc4)cnn32)c1=O. The molecule has 0 bridgehead atoms. The number of benzene rings is 1. The number of nitrogens with zero attached hydrogens (tertiary/aromatic N) is 5. The first-order valence-electron chi connectivity index (χ1n) is 8.31. The van der Waals surface area contributed by atoms with Crippen LogP contribution < -0.4 is 5.56 Å². The molecule has 0 aliphatic rings. The van der Waals surface area contributed by atoms with E-state index in [0.717, 1.165) is 17.7 Å². The normalized spacial score (nSPS) is 11.7. The number of fused-ring (bicyclic) bond motifs is 3. The van der Waals surface area contributed by atoms with Gasteiger partial charge in [0.1, 0.15) is 5.82 Å². The first kappa shape index (κ1) is 16.4. The van der Waals surface area contributed by atoms with E-state index in [9.17, 15) is 9.18 Å². The molecule has 0 saturated heterocycles. The first-order valence-corrected chi connectivity index (χ1v) is 8.31. The molecule has 4 aromatic rings. The summed E-state index contributed by atoms with van der Waals surface area (Å²) in [6, 6.07) is 8.07. The molecule has 6 nitrogen and oxygen atoms in total. The van der Waals surface area contributed by atoms with E-state index in [2.05, 4.69) is 10.1 Å². The fraction of sp³-hybridized carbons (Fsp3) is 0.211. The van der Waals surface area contributed by atoms with Crippen molar-refractivity contribution in [1.82, 2.24) is 24.1 Å². The Hall–Kier alpha value is -3.06. The molecule has 26 heavy (non-hydrogen) atoms. The molecule has 7 heteroatoms. The quantitative estimate of drug-likeness (QED) is 0.567. The Morgan fingerprint density at radius 1 is 1.12 bits per heavy atom. The standard InChI is InChI=1S/C19H18FN5O/c1-23(2)9-10-24-8-7-17-16(19(24)26)11-21-18-15(12-22-25(17)18)13-3-5-14(20)6-4-13/h3-8,11-12H,9-10H2,1-2H3. The Bertz CT molecular complexity index is 1140. The summed E-state index contributed by atoms with van der Waals surface area (Å²) in [6.07, 6.45) is 5.06. The van der Waals surface area contributed by atoms with E-state index in [-0.39, 0.29) is 11.4 Å². The highest BCUT2D eigenvalue weighted by atomic mass is 19.1. The van der Waals surface area contributed by atoms with Crippen LogP contribution in [0.5, 0.6) is 0 Å². The molecule has 0 atom stereocenters. The molecule has 132 valence electrons. The van der Waals surface area contributed by atoms with Crippen LogP contribution in [0.15, 0.2) is 53.7 Å². The number of halogens is 1. The minimum atomic E-state index is -0.290. The van der Waals surface area contributed by atoms with E-state index >= 15 is 0 Å². The van der Waals surface area contributed by atoms with E-state index in [1.54, 1.807) is 39.8 Å². The molecule has 3 heterocycles. The fourth-order valence-corrected chi connectivity index (χ4v) is 2.97. The summed E-state index contributed by atoms with van der Waals surface area (Å²) in [4.78, 5) is 19.2. The molecule has 3 aromatic heterocycles. The Balaban J connectivity index is 1.85. The maximum absolute atomic E-state index is 13.2. The van der Waals surface area contributed by atoms with Crippen LogP contribution in [0.3, 0.4) is 0 Å². The lowest BCUT2D eigenvalue weighted by Gasteiger charge is -2.12. The lowest BCUT2D eigenvalue weighted by molar-refractivity contribution is 0.381. The van der Waals surface area contributed by atoms with Gasteiger partial charge in [-0.1, -0.05) is 12.1 Å². The van der Waals surface area contributed by atoms with E-state index in [4.69, 9.17) is 0 Å². The summed E-state index contributed by atoms with van der Waals surface area (Å²) in [5.41, 5.74) is 2.87. The number of pyridine rings is 1. The van der Waals surface area contributed by atoms with E-state index < -0.39 is 0 Å². The maximum atomic E-state index is 13.2. The second-order valence-corrected chi connectivity index (χ2v) is 6.48. The van der Waals surface area contributed by atoms with Crippen molar-refractivity contribution in [3.63, 3.8) is 0 Å². The first-order chi connectivity index (χ1) is 12.5. The average Bonchev–Trinajstić information content (AvgIpc) is 3.06. The zero-order chi connectivity index (χ0) is 18.3. The van der Waals surface area contributed by atoms with Gasteiger partial charge in [-0.15, -0.1) is 0 Å². The number of hydrogen-bond acceptors (Lipinski definition) is 4. The highest BCUT2D eigenvalue weighted by Crippen LogP contribution is 2.25. The highest BCUT2D eigenvalue weighted by Gasteiger charge is 2.13. The van der Waals surface area contributed by atoms with Crippen LogP contribution in [-0.4, -0.2) is 44.7 Å². The van der Waals surface area contributed by atoms with Gasteiger partial charge < -0.3 is 9.47 Å². The van der Waals surface area contributed by atoms with Gasteiger partial charge in [-0.25, -0.2) is 13.9 Å². The Kier molecular flexibility index (Phi) is 4.00. The minimum absolute atomic E-state index is 0.0856. The smallest absolute Gasteiger partial charge is 0.261 e. The molecule has 0 fully saturated rings. The second kappa shape index (κ2) is 6.34. The second-order valence-electron chi connectivity index (χ2n) is 6.48. The Labute approximate surface area is 149 Å². The lowest BCUT2D eigenvalue weighted by Crippen LogP contribution is -2.26. The van der Waals surface area contributed by atoms with Gasteiger partial charge in [-0.3, -0.25) is 4.79 Å². The third kappa shape index (κ3) is 2.76. The van der Waals surface area contributed by atoms with Gasteiger partial charge in [0.15, 0.2) is 5.65 Å². The van der Waals surface area contributed by atoms with Gasteiger partial charge in [-0.2, -0.15) is 5.10 Å². The molecule has 0 saturated carbocycles. The van der Waals surface area contributed by atoms with Gasteiger partial charge in [0.05, 0.1) is 17.1 Å². The third-order valence-electron chi connectivity index (χ3n) is 4.41. The maximum Gasteiger partial charge on any atom is 0.261 e. The predicted molar refractivity (Wildman–Crippen MR) is 98.7 cm³/mol. The van der Waals surface area contributed by atoms with Crippen LogP contribution in [0.25, 0.3) is 27.7 Å². The van der Waals surface area contributed by atoms with Crippen molar-refractivity contribution in [3.05, 3.63) is 65.1 Å². The molecule has 4 rings (SSSR count). The molecule has 0 amide bonds. The molecule has 0 unspecified atom stereocenters. The summed E-state index contributed by atoms with van der Waals surface area (Å²) < 4.78 is 16.5. The summed E-state index contributed by atoms with van der Waals surface area (Å²) in [5, 5.41) is 4.92. The summed E-state index contributed by atoms with van der Waals surface area (Å²) in [7, 11) is 3.94. The van der Waals surface area contributed by atoms with Crippen LogP contribution in [0, 0.1) is 5.82 Å². The number of aromatic nitrogens is 4.